The number of carbonyl (C=O) groups excluding carboxylic acids is 1. The number of rotatable bonds is 2. The second kappa shape index (κ2) is 6.14. The topological polar surface area (TPSA) is 29.5 Å². The largest absolute Gasteiger partial charge is 0.494 e. The summed E-state index contributed by atoms with van der Waals surface area (Å²) < 4.78 is 5.87. The SMILES string of the molecule is COc1c(Cl)cc(C(=O)N2CCC(C)CC2)cc1Br. The van der Waals surface area contributed by atoms with Crippen LogP contribution in [0.4, 0.5) is 0 Å². The number of methoxy groups -OCH3 is 1. The first kappa shape index (κ1) is 14.7. The highest BCUT2D eigenvalue weighted by molar-refractivity contribution is 9.10. The minimum Gasteiger partial charge on any atom is -0.494 e. The molecule has 19 heavy (non-hydrogen) atoms. The molecular weight excluding hydrogens is 330 g/mol. The first-order valence-electron chi connectivity index (χ1n) is 6.35. The summed E-state index contributed by atoms with van der Waals surface area (Å²) in [5, 5.41) is 0.450. The Balaban J connectivity index is 2.20. The maximum atomic E-state index is 12.4. The van der Waals surface area contributed by atoms with E-state index < -0.39 is 0 Å². The van der Waals surface area contributed by atoms with E-state index in [9.17, 15) is 4.79 Å². The summed E-state index contributed by atoms with van der Waals surface area (Å²) >= 11 is 9.50. The van der Waals surface area contributed by atoms with Gasteiger partial charge in [-0.3, -0.25) is 4.79 Å². The van der Waals surface area contributed by atoms with Crippen molar-refractivity contribution in [2.24, 2.45) is 5.92 Å². The minimum atomic E-state index is 0.0390. The predicted octanol–water partition coefficient (Wildman–Crippen LogP) is 3.98. The lowest BCUT2D eigenvalue weighted by Gasteiger charge is -2.30. The number of benzene rings is 1. The predicted molar refractivity (Wildman–Crippen MR) is 80.0 cm³/mol. The van der Waals surface area contributed by atoms with Crippen LogP contribution in [-0.2, 0) is 0 Å². The maximum absolute atomic E-state index is 12.4. The number of piperidine rings is 1. The third-order valence-electron chi connectivity index (χ3n) is 3.52. The average Bonchev–Trinajstić information content (AvgIpc) is 2.38. The Hall–Kier alpha value is -0.740. The molecule has 1 heterocycles. The third-order valence-corrected chi connectivity index (χ3v) is 4.39. The Morgan fingerprint density at radius 1 is 1.42 bits per heavy atom. The molecule has 1 saturated heterocycles. The lowest BCUT2D eigenvalue weighted by atomic mass is 9.98. The van der Waals surface area contributed by atoms with Crippen LogP contribution in [0.5, 0.6) is 5.75 Å². The first-order valence-corrected chi connectivity index (χ1v) is 7.52. The minimum absolute atomic E-state index is 0.0390. The molecule has 104 valence electrons. The zero-order valence-corrected chi connectivity index (χ0v) is 13.4. The summed E-state index contributed by atoms with van der Waals surface area (Å²) in [6.45, 7) is 3.87. The number of nitrogens with zero attached hydrogens (tertiary/aromatic N) is 1. The van der Waals surface area contributed by atoms with Crippen molar-refractivity contribution in [3.63, 3.8) is 0 Å². The molecule has 0 aromatic heterocycles. The molecule has 5 heteroatoms. The van der Waals surface area contributed by atoms with Crippen molar-refractivity contribution in [2.45, 2.75) is 19.8 Å². The van der Waals surface area contributed by atoms with Gasteiger partial charge in [0, 0.05) is 18.7 Å². The molecule has 1 fully saturated rings. The van der Waals surface area contributed by atoms with Crippen molar-refractivity contribution in [3.05, 3.63) is 27.2 Å². The average molecular weight is 347 g/mol. The fourth-order valence-electron chi connectivity index (χ4n) is 2.27. The molecule has 0 saturated carbocycles. The van der Waals surface area contributed by atoms with E-state index in [1.165, 1.54) is 0 Å². The Morgan fingerprint density at radius 3 is 2.58 bits per heavy atom. The normalized spacial score (nSPS) is 16.5. The van der Waals surface area contributed by atoms with E-state index in [1.54, 1.807) is 19.2 Å². The van der Waals surface area contributed by atoms with Crippen molar-refractivity contribution in [1.82, 2.24) is 4.90 Å². The summed E-state index contributed by atoms with van der Waals surface area (Å²) in [5.74, 6) is 1.30. The molecule has 3 nitrogen and oxygen atoms in total. The van der Waals surface area contributed by atoms with Crippen molar-refractivity contribution < 1.29 is 9.53 Å². The molecule has 0 atom stereocenters. The van der Waals surface area contributed by atoms with Gasteiger partial charge in [-0.05, 0) is 46.8 Å². The van der Waals surface area contributed by atoms with Gasteiger partial charge in [0.15, 0.2) is 5.75 Å². The molecule has 2 rings (SSSR count). The summed E-state index contributed by atoms with van der Waals surface area (Å²) in [7, 11) is 1.56. The molecule has 1 aromatic rings. The monoisotopic (exact) mass is 345 g/mol. The van der Waals surface area contributed by atoms with Gasteiger partial charge in [-0.2, -0.15) is 0 Å². The molecule has 0 spiro atoms. The van der Waals surface area contributed by atoms with Gasteiger partial charge in [-0.1, -0.05) is 18.5 Å². The highest BCUT2D eigenvalue weighted by atomic mass is 79.9. The van der Waals surface area contributed by atoms with Crippen LogP contribution in [0.15, 0.2) is 16.6 Å². The zero-order chi connectivity index (χ0) is 14.0. The number of hydrogen-bond acceptors (Lipinski definition) is 2. The van der Waals surface area contributed by atoms with E-state index in [-0.39, 0.29) is 5.91 Å². The second-order valence-corrected chi connectivity index (χ2v) is 6.21. The van der Waals surface area contributed by atoms with Crippen LogP contribution >= 0.6 is 27.5 Å². The van der Waals surface area contributed by atoms with Crippen LogP contribution in [0.1, 0.15) is 30.1 Å². The van der Waals surface area contributed by atoms with Crippen molar-refractivity contribution in [3.8, 4) is 5.75 Å². The van der Waals surface area contributed by atoms with Crippen LogP contribution in [-0.4, -0.2) is 31.0 Å². The third kappa shape index (κ3) is 3.23. The van der Waals surface area contributed by atoms with Crippen molar-refractivity contribution in [1.29, 1.82) is 0 Å². The number of carbonyl (C=O) groups is 1. The summed E-state index contributed by atoms with van der Waals surface area (Å²) in [4.78, 5) is 14.3. The van der Waals surface area contributed by atoms with Crippen LogP contribution in [0.25, 0.3) is 0 Å². The second-order valence-electron chi connectivity index (χ2n) is 4.95. The lowest BCUT2D eigenvalue weighted by Crippen LogP contribution is -2.37. The number of hydrogen-bond donors (Lipinski definition) is 0. The first-order chi connectivity index (χ1) is 9.02. The molecule has 1 amide bonds. The molecule has 0 unspecified atom stereocenters. The smallest absolute Gasteiger partial charge is 0.253 e. The van der Waals surface area contributed by atoms with Crippen molar-refractivity contribution in [2.75, 3.05) is 20.2 Å². The van der Waals surface area contributed by atoms with Crippen LogP contribution in [0.2, 0.25) is 5.02 Å². The van der Waals surface area contributed by atoms with Gasteiger partial charge in [0.25, 0.3) is 5.91 Å². The van der Waals surface area contributed by atoms with E-state index >= 15 is 0 Å². The summed E-state index contributed by atoms with van der Waals surface area (Å²) in [6.07, 6.45) is 2.13. The fourth-order valence-corrected chi connectivity index (χ4v) is 3.31. The quantitative estimate of drug-likeness (QED) is 0.810. The summed E-state index contributed by atoms with van der Waals surface area (Å²) in [5.41, 5.74) is 0.604. The molecule has 0 bridgehead atoms. The molecule has 0 radical (unpaired) electrons. The molecule has 0 aliphatic carbocycles. The fraction of sp³-hybridized carbons (Fsp3) is 0.500. The molecule has 0 N–H and O–H groups in total. The molecule has 1 aliphatic heterocycles. The highest BCUT2D eigenvalue weighted by Gasteiger charge is 2.22. The maximum Gasteiger partial charge on any atom is 0.253 e. The van der Waals surface area contributed by atoms with E-state index in [1.807, 2.05) is 4.90 Å². The Kier molecular flexibility index (Phi) is 4.74. The highest BCUT2D eigenvalue weighted by Crippen LogP contribution is 2.34. The number of likely N-dealkylation sites (tertiary alicyclic amines) is 1. The van der Waals surface area contributed by atoms with Gasteiger partial charge in [0.2, 0.25) is 0 Å². The number of halogens is 2. The summed E-state index contributed by atoms with van der Waals surface area (Å²) in [6, 6.07) is 3.44. The van der Waals surface area contributed by atoms with Gasteiger partial charge in [0.1, 0.15) is 0 Å². The van der Waals surface area contributed by atoms with Crippen LogP contribution in [0.3, 0.4) is 0 Å². The Morgan fingerprint density at radius 2 is 2.05 bits per heavy atom. The van der Waals surface area contributed by atoms with Gasteiger partial charge >= 0.3 is 0 Å². The molecule has 1 aliphatic rings. The molecule has 1 aromatic carbocycles. The van der Waals surface area contributed by atoms with E-state index in [0.717, 1.165) is 25.9 Å². The van der Waals surface area contributed by atoms with Crippen LogP contribution < -0.4 is 4.74 Å². The van der Waals surface area contributed by atoms with Gasteiger partial charge in [-0.25, -0.2) is 0 Å². The number of amides is 1. The standard InChI is InChI=1S/C14H17BrClNO2/c1-9-3-5-17(6-4-9)14(18)10-7-11(15)13(19-2)12(16)8-10/h7-9H,3-6H2,1-2H3. The zero-order valence-electron chi connectivity index (χ0n) is 11.1. The number of ether oxygens (including phenoxy) is 1. The van der Waals surface area contributed by atoms with Gasteiger partial charge in [0.05, 0.1) is 16.6 Å². The van der Waals surface area contributed by atoms with Crippen LogP contribution in [0, 0.1) is 5.92 Å². The van der Waals surface area contributed by atoms with Crippen molar-refractivity contribution >= 4 is 33.4 Å². The lowest BCUT2D eigenvalue weighted by molar-refractivity contribution is 0.0697. The van der Waals surface area contributed by atoms with E-state index in [0.29, 0.717) is 26.7 Å². The van der Waals surface area contributed by atoms with Gasteiger partial charge in [-0.15, -0.1) is 0 Å². The molecular formula is C14H17BrClNO2. The van der Waals surface area contributed by atoms with E-state index in [2.05, 4.69) is 22.9 Å². The Bertz CT molecular complexity index is 461. The van der Waals surface area contributed by atoms with E-state index in [4.69, 9.17) is 16.3 Å². The Labute approximate surface area is 127 Å². The van der Waals surface area contributed by atoms with Gasteiger partial charge < -0.3 is 9.64 Å².